The van der Waals surface area contributed by atoms with Crippen molar-refractivity contribution in [1.82, 2.24) is 9.55 Å². The minimum atomic E-state index is -0.149. The highest BCUT2D eigenvalue weighted by Crippen LogP contribution is 2.20. The summed E-state index contributed by atoms with van der Waals surface area (Å²) in [5.41, 5.74) is 9.31. The maximum atomic E-state index is 12.8. The maximum absolute atomic E-state index is 12.8. The third-order valence-electron chi connectivity index (χ3n) is 4.94. The second-order valence-electron chi connectivity index (χ2n) is 7.30. The number of rotatable bonds is 7. The van der Waals surface area contributed by atoms with Crippen LogP contribution in [0.5, 0.6) is 5.75 Å². The third kappa shape index (κ3) is 5.05. The van der Waals surface area contributed by atoms with Gasteiger partial charge in [0.25, 0.3) is 0 Å². The van der Waals surface area contributed by atoms with Crippen molar-refractivity contribution in [3.8, 4) is 5.75 Å². The molecule has 31 heavy (non-hydrogen) atoms. The topological polar surface area (TPSA) is 82.2 Å². The number of amides is 1. The summed E-state index contributed by atoms with van der Waals surface area (Å²) in [6, 6.07) is 22.3. The number of anilines is 1. The van der Waals surface area contributed by atoms with E-state index in [1.807, 2.05) is 60.0 Å². The summed E-state index contributed by atoms with van der Waals surface area (Å²) < 4.78 is 7.74. The van der Waals surface area contributed by atoms with Crippen LogP contribution in [-0.4, -0.2) is 15.5 Å². The van der Waals surface area contributed by atoms with Crippen LogP contribution < -0.4 is 15.8 Å². The van der Waals surface area contributed by atoms with E-state index >= 15 is 0 Å². The van der Waals surface area contributed by atoms with Gasteiger partial charge < -0.3 is 20.4 Å². The van der Waals surface area contributed by atoms with Gasteiger partial charge in [-0.05, 0) is 61.0 Å². The summed E-state index contributed by atoms with van der Waals surface area (Å²) in [5.74, 6) is 1.20. The summed E-state index contributed by atoms with van der Waals surface area (Å²) in [7, 11) is 0. The van der Waals surface area contributed by atoms with Crippen LogP contribution in [0.3, 0.4) is 0 Å². The van der Waals surface area contributed by atoms with Gasteiger partial charge in [-0.25, -0.2) is 4.98 Å². The molecule has 3 aromatic carbocycles. The normalized spacial score (nSPS) is 12.0. The van der Waals surface area contributed by atoms with Gasteiger partial charge in [0, 0.05) is 16.8 Å². The summed E-state index contributed by atoms with van der Waals surface area (Å²) >= 11 is 5.93. The number of hydrogen-bond acceptors (Lipinski definition) is 4. The van der Waals surface area contributed by atoms with Crippen molar-refractivity contribution in [3.63, 3.8) is 0 Å². The number of carbonyl (C=O) groups excluding carboxylic acids is 1. The van der Waals surface area contributed by atoms with Gasteiger partial charge in [0.2, 0.25) is 5.91 Å². The molecule has 0 saturated heterocycles. The number of nitrogens with one attached hydrogen (secondary N) is 1. The van der Waals surface area contributed by atoms with Crippen molar-refractivity contribution in [2.45, 2.75) is 26.1 Å². The molecule has 4 rings (SSSR count). The molecular weight excluding hydrogens is 412 g/mol. The minimum absolute atomic E-state index is 0.0507. The standard InChI is InChI=1S/C24H23ClN4O2/c1-16(26)17-6-10-19(11-7-17)27-24(30)14-29-22-5-3-2-4-21(22)28-23(29)15-31-20-12-8-18(25)9-13-20/h2-13,16H,14-15,26H2,1H3,(H,27,30)/t16-/m1/s1. The average molecular weight is 435 g/mol. The van der Waals surface area contributed by atoms with Gasteiger partial charge in [0.15, 0.2) is 0 Å². The lowest BCUT2D eigenvalue weighted by molar-refractivity contribution is -0.116. The Balaban J connectivity index is 1.52. The van der Waals surface area contributed by atoms with Crippen LogP contribution in [0, 0.1) is 0 Å². The summed E-state index contributed by atoms with van der Waals surface area (Å²) in [6.07, 6.45) is 0. The van der Waals surface area contributed by atoms with E-state index in [4.69, 9.17) is 22.1 Å². The molecule has 158 valence electrons. The number of para-hydroxylation sites is 2. The Bertz CT molecular complexity index is 1180. The van der Waals surface area contributed by atoms with Gasteiger partial charge in [-0.15, -0.1) is 0 Å². The number of nitrogens with zero attached hydrogens (tertiary/aromatic N) is 2. The first kappa shape index (κ1) is 20.9. The monoisotopic (exact) mass is 434 g/mol. The molecule has 0 unspecified atom stereocenters. The molecular formula is C24H23ClN4O2. The van der Waals surface area contributed by atoms with Crippen molar-refractivity contribution in [1.29, 1.82) is 0 Å². The summed E-state index contributed by atoms with van der Waals surface area (Å²) in [5, 5.41) is 3.58. The van der Waals surface area contributed by atoms with Crippen LogP contribution in [0.15, 0.2) is 72.8 Å². The van der Waals surface area contributed by atoms with Gasteiger partial charge in [0.05, 0.1) is 11.0 Å². The zero-order chi connectivity index (χ0) is 21.8. The molecule has 1 amide bonds. The van der Waals surface area contributed by atoms with Gasteiger partial charge in [0.1, 0.15) is 24.7 Å². The Morgan fingerprint density at radius 2 is 1.81 bits per heavy atom. The Labute approximate surface area is 185 Å². The van der Waals surface area contributed by atoms with Crippen molar-refractivity contribution in [2.75, 3.05) is 5.32 Å². The first-order chi connectivity index (χ1) is 15.0. The lowest BCUT2D eigenvalue weighted by atomic mass is 10.1. The number of aromatic nitrogens is 2. The summed E-state index contributed by atoms with van der Waals surface area (Å²) in [4.78, 5) is 17.4. The van der Waals surface area contributed by atoms with Crippen molar-refractivity contribution in [3.05, 3.63) is 89.2 Å². The molecule has 0 aliphatic carbocycles. The number of halogens is 1. The van der Waals surface area contributed by atoms with Crippen LogP contribution in [0.4, 0.5) is 5.69 Å². The number of hydrogen-bond donors (Lipinski definition) is 2. The summed E-state index contributed by atoms with van der Waals surface area (Å²) in [6.45, 7) is 2.27. The van der Waals surface area contributed by atoms with Crippen LogP contribution in [0.1, 0.15) is 24.4 Å². The number of carbonyl (C=O) groups is 1. The fraction of sp³-hybridized carbons (Fsp3) is 0.167. The SMILES string of the molecule is C[C@@H](N)c1ccc(NC(=O)Cn2c(COc3ccc(Cl)cc3)nc3ccccc32)cc1. The number of ether oxygens (including phenoxy) is 1. The van der Waals surface area contributed by atoms with Gasteiger partial charge >= 0.3 is 0 Å². The van der Waals surface area contributed by atoms with Gasteiger partial charge in [-0.2, -0.15) is 0 Å². The highest BCUT2D eigenvalue weighted by molar-refractivity contribution is 6.30. The van der Waals surface area contributed by atoms with Crippen LogP contribution >= 0.6 is 11.6 Å². The highest BCUT2D eigenvalue weighted by Gasteiger charge is 2.14. The first-order valence-electron chi connectivity index (χ1n) is 9.97. The fourth-order valence-corrected chi connectivity index (χ4v) is 3.43. The van der Waals surface area contributed by atoms with Crippen LogP contribution in [0.25, 0.3) is 11.0 Å². The first-order valence-corrected chi connectivity index (χ1v) is 10.4. The lowest BCUT2D eigenvalue weighted by Gasteiger charge is -2.12. The molecule has 0 saturated carbocycles. The van der Waals surface area contributed by atoms with Crippen molar-refractivity contribution >= 4 is 34.2 Å². The molecule has 0 bridgehead atoms. The molecule has 0 spiro atoms. The Kier molecular flexibility index (Phi) is 6.21. The zero-order valence-electron chi connectivity index (χ0n) is 17.1. The zero-order valence-corrected chi connectivity index (χ0v) is 17.8. The Hall–Kier alpha value is -3.35. The highest BCUT2D eigenvalue weighted by atomic mass is 35.5. The number of nitrogens with two attached hydrogens (primary N) is 1. The molecule has 0 fully saturated rings. The van der Waals surface area contributed by atoms with Gasteiger partial charge in [-0.3, -0.25) is 4.79 Å². The smallest absolute Gasteiger partial charge is 0.244 e. The second-order valence-corrected chi connectivity index (χ2v) is 7.74. The number of benzene rings is 3. The fourth-order valence-electron chi connectivity index (χ4n) is 3.30. The third-order valence-corrected chi connectivity index (χ3v) is 5.19. The molecule has 6 nitrogen and oxygen atoms in total. The Morgan fingerprint density at radius 1 is 1.10 bits per heavy atom. The van der Waals surface area contributed by atoms with E-state index in [9.17, 15) is 4.79 Å². The van der Waals surface area contributed by atoms with E-state index in [-0.39, 0.29) is 25.1 Å². The Morgan fingerprint density at radius 3 is 2.52 bits per heavy atom. The molecule has 0 radical (unpaired) electrons. The predicted octanol–water partition coefficient (Wildman–Crippen LogP) is 4.93. The van der Waals surface area contributed by atoms with E-state index in [2.05, 4.69) is 10.3 Å². The molecule has 1 atom stereocenters. The lowest BCUT2D eigenvalue weighted by Crippen LogP contribution is -2.20. The molecule has 1 aromatic heterocycles. The van der Waals surface area contributed by atoms with E-state index in [1.165, 1.54) is 0 Å². The van der Waals surface area contributed by atoms with E-state index in [1.54, 1.807) is 24.3 Å². The van der Waals surface area contributed by atoms with Crippen LogP contribution in [-0.2, 0) is 17.9 Å². The van der Waals surface area contributed by atoms with Gasteiger partial charge in [-0.1, -0.05) is 35.9 Å². The average Bonchev–Trinajstić information content (AvgIpc) is 3.11. The molecule has 3 N–H and O–H groups in total. The van der Waals surface area contributed by atoms with Crippen molar-refractivity contribution in [2.24, 2.45) is 5.73 Å². The number of fused-ring (bicyclic) bond motifs is 1. The molecule has 7 heteroatoms. The predicted molar refractivity (Wildman–Crippen MR) is 123 cm³/mol. The molecule has 0 aliphatic heterocycles. The van der Waals surface area contributed by atoms with E-state index in [0.29, 0.717) is 16.6 Å². The maximum Gasteiger partial charge on any atom is 0.244 e. The minimum Gasteiger partial charge on any atom is -0.486 e. The molecule has 1 heterocycles. The molecule has 0 aliphatic rings. The number of imidazole rings is 1. The van der Waals surface area contributed by atoms with E-state index < -0.39 is 0 Å². The van der Waals surface area contributed by atoms with Crippen molar-refractivity contribution < 1.29 is 9.53 Å². The van der Waals surface area contributed by atoms with Crippen LogP contribution in [0.2, 0.25) is 5.02 Å². The second kappa shape index (κ2) is 9.20. The largest absolute Gasteiger partial charge is 0.486 e. The van der Waals surface area contributed by atoms with E-state index in [0.717, 1.165) is 22.3 Å². The quantitative estimate of drug-likeness (QED) is 0.432. The molecule has 4 aromatic rings.